The molecule has 4 fully saturated rings. The normalized spacial score (nSPS) is 18.2. The second-order valence-corrected chi connectivity index (χ2v) is 13.5. The van der Waals surface area contributed by atoms with Crippen molar-refractivity contribution < 1.29 is 9.53 Å². The molecule has 3 aliphatic carbocycles. The lowest BCUT2D eigenvalue weighted by Gasteiger charge is -2.35. The molecule has 3 heterocycles. The van der Waals surface area contributed by atoms with Gasteiger partial charge in [-0.05, 0) is 79.1 Å². The molecule has 1 saturated heterocycles. The standard InChI is InChI=1S/C34H33N7O2.C6H12/c35-31-30(24-4-6-26(7-5-24)34(14-15-34)41-17-19-43-20-18-41)22-37-33(40-31)39-28-8-1-23(2-9-28)3-10-29-21-25(13-16-36-29)32(42)38-27-11-12-27;1-2-4-6-5-3-1/h1-2,4-9,13,16,21-22,27H,11-12,14-15,17-20H2,(H,38,42)(H3,35,37,39,40);1-6H2. The van der Waals surface area contributed by atoms with Crippen LogP contribution in [0.2, 0.25) is 0 Å². The number of amides is 1. The number of hydrogen-bond acceptors (Lipinski definition) is 8. The first kappa shape index (κ1) is 32.8. The molecule has 1 amide bonds. The summed E-state index contributed by atoms with van der Waals surface area (Å²) in [6.45, 7) is 3.59. The van der Waals surface area contributed by atoms with E-state index in [1.54, 1.807) is 24.5 Å². The average molecular weight is 656 g/mol. The quantitative estimate of drug-likeness (QED) is 0.186. The second kappa shape index (κ2) is 15.2. The number of nitrogens with zero attached hydrogens (tertiary/aromatic N) is 4. The van der Waals surface area contributed by atoms with E-state index in [0.717, 1.165) is 61.5 Å². The highest BCUT2D eigenvalue weighted by Gasteiger charge is 2.49. The number of nitrogen functional groups attached to an aromatic ring is 1. The summed E-state index contributed by atoms with van der Waals surface area (Å²) in [4.78, 5) is 28.2. The van der Waals surface area contributed by atoms with Gasteiger partial charge < -0.3 is 21.1 Å². The first-order valence-corrected chi connectivity index (χ1v) is 17.8. The maximum absolute atomic E-state index is 12.3. The molecule has 0 unspecified atom stereocenters. The predicted molar refractivity (Wildman–Crippen MR) is 193 cm³/mol. The van der Waals surface area contributed by atoms with Crippen LogP contribution in [0.5, 0.6) is 0 Å². The van der Waals surface area contributed by atoms with E-state index >= 15 is 0 Å². The summed E-state index contributed by atoms with van der Waals surface area (Å²) in [5, 5.41) is 6.20. The fourth-order valence-corrected chi connectivity index (χ4v) is 6.63. The van der Waals surface area contributed by atoms with E-state index in [4.69, 9.17) is 10.5 Å². The van der Waals surface area contributed by atoms with E-state index in [2.05, 4.69) is 66.6 Å². The molecule has 2 aromatic carbocycles. The van der Waals surface area contributed by atoms with Gasteiger partial charge in [0, 0.05) is 59.4 Å². The Hall–Kier alpha value is -4.78. The zero-order valence-electron chi connectivity index (χ0n) is 28.1. The summed E-state index contributed by atoms with van der Waals surface area (Å²) in [7, 11) is 0. The number of carbonyl (C=O) groups excluding carboxylic acids is 1. The van der Waals surface area contributed by atoms with Gasteiger partial charge in [-0.3, -0.25) is 9.69 Å². The monoisotopic (exact) mass is 655 g/mol. The third kappa shape index (κ3) is 8.45. The van der Waals surface area contributed by atoms with Crippen molar-refractivity contribution in [2.75, 3.05) is 37.4 Å². The molecule has 49 heavy (non-hydrogen) atoms. The Balaban J connectivity index is 0.000000571. The third-order valence-electron chi connectivity index (χ3n) is 9.80. The number of morpholine rings is 1. The largest absolute Gasteiger partial charge is 0.383 e. The third-order valence-corrected chi connectivity index (χ3v) is 9.80. The fraction of sp³-hybridized carbons (Fsp3) is 0.400. The average Bonchev–Trinajstić information content (AvgIpc) is 4.10. The van der Waals surface area contributed by atoms with E-state index in [1.807, 2.05) is 24.3 Å². The highest BCUT2D eigenvalue weighted by atomic mass is 16.5. The van der Waals surface area contributed by atoms with Crippen LogP contribution in [-0.2, 0) is 10.3 Å². The second-order valence-electron chi connectivity index (χ2n) is 13.5. The molecular weight excluding hydrogens is 610 g/mol. The molecule has 3 saturated carbocycles. The lowest BCUT2D eigenvalue weighted by Crippen LogP contribution is -2.43. The summed E-state index contributed by atoms with van der Waals surface area (Å²) in [5.74, 6) is 6.92. The van der Waals surface area contributed by atoms with Gasteiger partial charge in [-0.25, -0.2) is 9.97 Å². The Bertz CT molecular complexity index is 1780. The van der Waals surface area contributed by atoms with Crippen molar-refractivity contribution in [3.63, 3.8) is 0 Å². The van der Waals surface area contributed by atoms with Crippen molar-refractivity contribution in [2.45, 2.75) is 75.8 Å². The van der Waals surface area contributed by atoms with Gasteiger partial charge in [0.15, 0.2) is 0 Å². The number of nitrogens with two attached hydrogens (primary N) is 1. The number of carbonyl (C=O) groups is 1. The Morgan fingerprint density at radius 3 is 2.20 bits per heavy atom. The lowest BCUT2D eigenvalue weighted by molar-refractivity contribution is 0.00835. The van der Waals surface area contributed by atoms with Gasteiger partial charge in [-0.1, -0.05) is 68.7 Å². The van der Waals surface area contributed by atoms with Crippen LogP contribution in [0.4, 0.5) is 17.5 Å². The molecule has 0 atom stereocenters. The molecule has 4 N–H and O–H groups in total. The summed E-state index contributed by atoms with van der Waals surface area (Å²) in [5.41, 5.74) is 12.4. The predicted octanol–water partition coefficient (Wildman–Crippen LogP) is 6.82. The molecule has 2 aromatic heterocycles. The lowest BCUT2D eigenvalue weighted by atomic mass is 9.98. The number of aromatic nitrogens is 3. The van der Waals surface area contributed by atoms with Crippen molar-refractivity contribution >= 4 is 23.4 Å². The smallest absolute Gasteiger partial charge is 0.251 e. The van der Waals surface area contributed by atoms with E-state index in [0.29, 0.717) is 29.1 Å². The molecule has 0 bridgehead atoms. The minimum absolute atomic E-state index is 0.0804. The van der Waals surface area contributed by atoms with E-state index in [1.165, 1.54) is 56.9 Å². The van der Waals surface area contributed by atoms with Crippen molar-refractivity contribution in [1.29, 1.82) is 0 Å². The van der Waals surface area contributed by atoms with Gasteiger partial charge in [-0.2, -0.15) is 4.98 Å². The number of rotatable bonds is 7. The van der Waals surface area contributed by atoms with Crippen LogP contribution in [0.25, 0.3) is 11.1 Å². The van der Waals surface area contributed by atoms with Crippen LogP contribution in [0.3, 0.4) is 0 Å². The summed E-state index contributed by atoms with van der Waals surface area (Å²) >= 11 is 0. The van der Waals surface area contributed by atoms with Gasteiger partial charge in [0.05, 0.1) is 13.2 Å². The van der Waals surface area contributed by atoms with E-state index in [9.17, 15) is 4.79 Å². The first-order chi connectivity index (χ1) is 24.1. The first-order valence-electron chi connectivity index (χ1n) is 17.8. The molecule has 4 aliphatic rings. The Morgan fingerprint density at radius 1 is 0.878 bits per heavy atom. The number of ether oxygens (including phenoxy) is 1. The summed E-state index contributed by atoms with van der Waals surface area (Å²) < 4.78 is 5.55. The minimum Gasteiger partial charge on any atom is -0.383 e. The van der Waals surface area contributed by atoms with Gasteiger partial charge in [0.2, 0.25) is 5.95 Å². The number of pyridine rings is 1. The van der Waals surface area contributed by atoms with E-state index < -0.39 is 0 Å². The molecular formula is C40H45N7O2. The molecule has 0 radical (unpaired) electrons. The highest BCUT2D eigenvalue weighted by molar-refractivity contribution is 5.94. The number of hydrogen-bond donors (Lipinski definition) is 3. The molecule has 1 aliphatic heterocycles. The van der Waals surface area contributed by atoms with Crippen LogP contribution in [0, 0.1) is 11.8 Å². The van der Waals surface area contributed by atoms with Gasteiger partial charge in [0.1, 0.15) is 11.5 Å². The van der Waals surface area contributed by atoms with Crippen LogP contribution in [0.15, 0.2) is 73.1 Å². The van der Waals surface area contributed by atoms with E-state index in [-0.39, 0.29) is 11.4 Å². The maximum Gasteiger partial charge on any atom is 0.251 e. The minimum atomic E-state index is -0.0804. The maximum atomic E-state index is 12.3. The summed E-state index contributed by atoms with van der Waals surface area (Å²) in [6.07, 6.45) is 16.9. The Kier molecular flexibility index (Phi) is 10.2. The number of benzene rings is 2. The SMILES string of the molecule is C1CCCCC1.Nc1nc(Nc2ccc(C#Cc3cc(C(=O)NC4CC4)ccn3)cc2)ncc1-c1ccc(C2(N3CCOCC3)CC2)cc1. The summed E-state index contributed by atoms with van der Waals surface area (Å²) in [6, 6.07) is 20.0. The molecule has 4 aromatic rings. The zero-order valence-corrected chi connectivity index (χ0v) is 28.1. The number of nitrogens with one attached hydrogen (secondary N) is 2. The Labute approximate surface area is 289 Å². The highest BCUT2D eigenvalue weighted by Crippen LogP contribution is 2.51. The van der Waals surface area contributed by atoms with Crippen LogP contribution < -0.4 is 16.4 Å². The molecule has 0 spiro atoms. The van der Waals surface area contributed by atoms with Crippen molar-refractivity contribution in [3.05, 3.63) is 95.4 Å². The fourth-order valence-electron chi connectivity index (χ4n) is 6.63. The molecule has 9 heteroatoms. The Morgan fingerprint density at radius 2 is 1.57 bits per heavy atom. The van der Waals surface area contributed by atoms with Crippen LogP contribution in [0.1, 0.15) is 91.4 Å². The van der Waals surface area contributed by atoms with Gasteiger partial charge >= 0.3 is 0 Å². The van der Waals surface area contributed by atoms with Crippen LogP contribution >= 0.6 is 0 Å². The number of anilines is 3. The van der Waals surface area contributed by atoms with Crippen molar-refractivity contribution in [2.24, 2.45) is 0 Å². The van der Waals surface area contributed by atoms with Crippen molar-refractivity contribution in [1.82, 2.24) is 25.2 Å². The molecule has 252 valence electrons. The van der Waals surface area contributed by atoms with Crippen LogP contribution in [-0.4, -0.2) is 58.1 Å². The van der Waals surface area contributed by atoms with Gasteiger partial charge in [-0.15, -0.1) is 0 Å². The molecule has 9 nitrogen and oxygen atoms in total. The zero-order chi connectivity index (χ0) is 33.5. The molecule has 8 rings (SSSR count). The van der Waals surface area contributed by atoms with Crippen molar-refractivity contribution in [3.8, 4) is 23.0 Å². The van der Waals surface area contributed by atoms with Gasteiger partial charge in [0.25, 0.3) is 5.91 Å². The topological polar surface area (TPSA) is 118 Å².